The predicted molar refractivity (Wildman–Crippen MR) is 82.9 cm³/mol. The van der Waals surface area contributed by atoms with Crippen molar-refractivity contribution in [2.45, 2.75) is 43.5 Å². The fourth-order valence-corrected chi connectivity index (χ4v) is 5.46. The Bertz CT molecular complexity index is 777. The zero-order chi connectivity index (χ0) is 17.3. The van der Waals surface area contributed by atoms with Gasteiger partial charge in [-0.1, -0.05) is 6.07 Å². The maximum atomic E-state index is 13.9. The van der Waals surface area contributed by atoms with Crippen LogP contribution < -0.4 is 0 Å². The highest BCUT2D eigenvalue weighted by Gasteiger charge is 2.84. The quantitative estimate of drug-likeness (QED) is 0.618. The third-order valence-electron chi connectivity index (χ3n) is 6.53. The fourth-order valence-electron chi connectivity index (χ4n) is 5.46. The van der Waals surface area contributed by atoms with Crippen LogP contribution in [-0.2, 0) is 30.2 Å². The van der Waals surface area contributed by atoms with Crippen molar-refractivity contribution >= 4 is 11.9 Å². The van der Waals surface area contributed by atoms with Gasteiger partial charge in [0.2, 0.25) is 0 Å². The molecule has 6 atom stereocenters. The molecular weight excluding hydrogens is 327 g/mol. The van der Waals surface area contributed by atoms with E-state index in [0.717, 1.165) is 18.4 Å². The van der Waals surface area contributed by atoms with Crippen molar-refractivity contribution in [1.29, 1.82) is 0 Å². The normalized spacial score (nSPS) is 39.8. The van der Waals surface area contributed by atoms with Gasteiger partial charge in [0.15, 0.2) is 0 Å². The molecule has 0 aromatic heterocycles. The van der Waals surface area contributed by atoms with E-state index in [2.05, 4.69) is 4.74 Å². The summed E-state index contributed by atoms with van der Waals surface area (Å²) in [5.41, 5.74) is 1.23. The number of carbonyl (C=O) groups is 2. The molecule has 0 bridgehead atoms. The van der Waals surface area contributed by atoms with Crippen LogP contribution in [0, 0.1) is 23.6 Å². The summed E-state index contributed by atoms with van der Waals surface area (Å²) in [6, 6.07) is 4.49. The van der Waals surface area contributed by atoms with Gasteiger partial charge in [-0.15, -0.1) is 0 Å². The van der Waals surface area contributed by atoms with Crippen molar-refractivity contribution < 1.29 is 28.2 Å². The molecular formula is C19H19FO5. The van der Waals surface area contributed by atoms with Crippen LogP contribution in [0.25, 0.3) is 0 Å². The van der Waals surface area contributed by atoms with Crippen LogP contribution in [0.4, 0.5) is 4.39 Å². The predicted octanol–water partition coefficient (Wildman–Crippen LogP) is 2.32. The van der Waals surface area contributed by atoms with Crippen LogP contribution in [0.2, 0.25) is 0 Å². The maximum Gasteiger partial charge on any atom is 0.313 e. The number of hydrogen-bond acceptors (Lipinski definition) is 5. The Kier molecular flexibility index (Phi) is 3.08. The first kappa shape index (κ1) is 15.3. The summed E-state index contributed by atoms with van der Waals surface area (Å²) in [6.07, 6.45) is 2.43. The molecule has 5 rings (SSSR count). The van der Waals surface area contributed by atoms with E-state index in [-0.39, 0.29) is 47.7 Å². The van der Waals surface area contributed by atoms with Crippen LogP contribution in [-0.4, -0.2) is 30.8 Å². The van der Waals surface area contributed by atoms with Gasteiger partial charge in [0.05, 0.1) is 19.1 Å². The average molecular weight is 346 g/mol. The van der Waals surface area contributed by atoms with Crippen molar-refractivity contribution in [3.8, 4) is 0 Å². The zero-order valence-electron chi connectivity index (χ0n) is 13.9. The molecule has 4 fully saturated rings. The summed E-state index contributed by atoms with van der Waals surface area (Å²) in [5, 5.41) is 0. The molecule has 4 aliphatic rings. The molecule has 2 heterocycles. The number of cyclic esters (lactones) is 1. The van der Waals surface area contributed by atoms with E-state index in [1.807, 2.05) is 0 Å². The molecule has 6 unspecified atom stereocenters. The first-order valence-electron chi connectivity index (χ1n) is 8.79. The zero-order valence-corrected chi connectivity index (χ0v) is 13.9. The summed E-state index contributed by atoms with van der Waals surface area (Å²) >= 11 is 0. The lowest BCUT2D eigenvalue weighted by molar-refractivity contribution is -0.148. The molecule has 1 aromatic carbocycles. The van der Waals surface area contributed by atoms with Gasteiger partial charge in [-0.2, -0.15) is 0 Å². The minimum atomic E-state index is -0.445. The molecule has 1 spiro atoms. The summed E-state index contributed by atoms with van der Waals surface area (Å²) < 4.78 is 30.1. The van der Waals surface area contributed by atoms with E-state index in [9.17, 15) is 14.0 Å². The molecule has 2 aliphatic heterocycles. The Morgan fingerprint density at radius 1 is 1.40 bits per heavy atom. The van der Waals surface area contributed by atoms with Crippen LogP contribution in [0.5, 0.6) is 0 Å². The van der Waals surface area contributed by atoms with E-state index in [1.165, 1.54) is 19.2 Å². The van der Waals surface area contributed by atoms with E-state index < -0.39 is 6.10 Å². The van der Waals surface area contributed by atoms with Crippen molar-refractivity contribution in [1.82, 2.24) is 0 Å². The Morgan fingerprint density at radius 2 is 2.24 bits per heavy atom. The molecule has 132 valence electrons. The number of epoxide rings is 1. The van der Waals surface area contributed by atoms with Gasteiger partial charge in [-0.05, 0) is 48.4 Å². The van der Waals surface area contributed by atoms with Crippen molar-refractivity contribution in [3.63, 3.8) is 0 Å². The van der Waals surface area contributed by atoms with Gasteiger partial charge >= 0.3 is 11.9 Å². The molecule has 2 saturated heterocycles. The number of methoxy groups -OCH3 is 1. The Balaban J connectivity index is 1.46. The lowest BCUT2D eigenvalue weighted by Crippen LogP contribution is -2.54. The van der Waals surface area contributed by atoms with E-state index in [4.69, 9.17) is 9.47 Å². The summed E-state index contributed by atoms with van der Waals surface area (Å²) in [7, 11) is 1.34. The second-order valence-corrected chi connectivity index (χ2v) is 7.48. The molecule has 1 aromatic rings. The maximum absolute atomic E-state index is 13.9. The lowest BCUT2D eigenvalue weighted by atomic mass is 9.55. The fraction of sp³-hybridized carbons (Fsp3) is 0.579. The number of hydrogen-bond donors (Lipinski definition) is 0. The highest BCUT2D eigenvalue weighted by Crippen LogP contribution is 2.75. The first-order chi connectivity index (χ1) is 12.1. The number of rotatable bonds is 4. The number of carbonyl (C=O) groups excluding carboxylic acids is 2. The summed E-state index contributed by atoms with van der Waals surface area (Å²) in [6.45, 7) is 0. The summed E-state index contributed by atoms with van der Waals surface area (Å²) in [4.78, 5) is 23.9. The molecule has 5 nitrogen and oxygen atoms in total. The Morgan fingerprint density at radius 3 is 3.00 bits per heavy atom. The third kappa shape index (κ3) is 1.91. The Labute approximate surface area is 144 Å². The smallest absolute Gasteiger partial charge is 0.313 e. The van der Waals surface area contributed by atoms with Gasteiger partial charge < -0.3 is 14.2 Å². The second kappa shape index (κ2) is 5.04. The lowest BCUT2D eigenvalue weighted by Gasteiger charge is -2.44. The largest absolute Gasteiger partial charge is 0.469 e. The third-order valence-corrected chi connectivity index (χ3v) is 6.53. The van der Waals surface area contributed by atoms with Gasteiger partial charge in [0, 0.05) is 12.3 Å². The minimum absolute atomic E-state index is 0.0543. The monoisotopic (exact) mass is 346 g/mol. The molecule has 0 amide bonds. The first-order valence-corrected chi connectivity index (χ1v) is 8.79. The van der Waals surface area contributed by atoms with Crippen LogP contribution in [0.1, 0.15) is 36.5 Å². The van der Waals surface area contributed by atoms with Gasteiger partial charge in [0.1, 0.15) is 17.5 Å². The standard InChI is InChI=1S/C19H19FO5/c1-23-14(21)7-3-9-2-4-10(20)8-11(9)17-15-12-5-6-13-19(12,25-13)16(15)18(22)24-17/h2,4,8,12-13,15-17H,3,5-7H2,1H3. The summed E-state index contributed by atoms with van der Waals surface area (Å²) in [5.74, 6) is -0.749. The number of aryl methyl sites for hydroxylation is 1. The minimum Gasteiger partial charge on any atom is -0.469 e. The number of benzene rings is 1. The van der Waals surface area contributed by atoms with E-state index in [0.29, 0.717) is 17.9 Å². The SMILES string of the molecule is COC(=O)CCc1ccc(F)cc1C1OC(=O)C2C1C1CCC3OC312. The number of ether oxygens (including phenoxy) is 3. The molecule has 25 heavy (non-hydrogen) atoms. The number of fused-ring (bicyclic) bond motifs is 2. The van der Waals surface area contributed by atoms with Crippen molar-refractivity contribution in [3.05, 3.63) is 35.1 Å². The van der Waals surface area contributed by atoms with Gasteiger partial charge in [-0.3, -0.25) is 9.59 Å². The molecule has 0 N–H and O–H groups in total. The highest BCUT2D eigenvalue weighted by molar-refractivity contribution is 5.81. The molecule has 0 radical (unpaired) electrons. The average Bonchev–Trinajstić information content (AvgIpc) is 3.15. The van der Waals surface area contributed by atoms with Crippen molar-refractivity contribution in [2.75, 3.05) is 7.11 Å². The molecule has 6 heteroatoms. The van der Waals surface area contributed by atoms with Gasteiger partial charge in [0.25, 0.3) is 0 Å². The van der Waals surface area contributed by atoms with E-state index in [1.54, 1.807) is 6.07 Å². The van der Waals surface area contributed by atoms with Crippen LogP contribution in [0.3, 0.4) is 0 Å². The van der Waals surface area contributed by atoms with E-state index >= 15 is 0 Å². The second-order valence-electron chi connectivity index (χ2n) is 7.48. The van der Waals surface area contributed by atoms with Crippen LogP contribution in [0.15, 0.2) is 18.2 Å². The highest BCUT2D eigenvalue weighted by atomic mass is 19.1. The number of esters is 2. The topological polar surface area (TPSA) is 65.1 Å². The molecule has 2 saturated carbocycles. The van der Waals surface area contributed by atoms with Gasteiger partial charge in [-0.25, -0.2) is 4.39 Å². The van der Waals surface area contributed by atoms with Crippen LogP contribution >= 0.6 is 0 Å². The number of halogens is 1. The van der Waals surface area contributed by atoms with Crippen molar-refractivity contribution in [2.24, 2.45) is 17.8 Å². The Hall–Kier alpha value is -1.95. The molecule has 2 aliphatic carbocycles.